The van der Waals surface area contributed by atoms with Crippen molar-refractivity contribution in [1.82, 2.24) is 10.2 Å². The molecule has 116 valence electrons. The van der Waals surface area contributed by atoms with Crippen LogP contribution in [0.4, 0.5) is 0 Å². The topological polar surface area (TPSA) is 35.5 Å². The van der Waals surface area contributed by atoms with E-state index in [2.05, 4.69) is 48.3 Å². The van der Waals surface area contributed by atoms with E-state index in [0.29, 0.717) is 6.04 Å². The molecule has 3 heteroatoms. The number of nitrogens with zero attached hydrogens (tertiary/aromatic N) is 1. The average Bonchev–Trinajstić information content (AvgIpc) is 2.69. The molecule has 1 saturated heterocycles. The second kappa shape index (κ2) is 6.07. The van der Waals surface area contributed by atoms with Gasteiger partial charge in [0, 0.05) is 12.6 Å². The van der Waals surface area contributed by atoms with Crippen LogP contribution in [0.15, 0.2) is 24.3 Å². The van der Waals surface area contributed by atoms with Crippen LogP contribution >= 0.6 is 0 Å². The zero-order chi connectivity index (χ0) is 14.9. The molecular formula is C18H28N2O. The van der Waals surface area contributed by atoms with Gasteiger partial charge in [-0.1, -0.05) is 24.3 Å². The summed E-state index contributed by atoms with van der Waals surface area (Å²) in [4.78, 5) is 2.49. The molecule has 3 nitrogen and oxygen atoms in total. The third kappa shape index (κ3) is 3.01. The lowest BCUT2D eigenvalue weighted by Crippen LogP contribution is -2.47. The van der Waals surface area contributed by atoms with Crippen LogP contribution in [-0.4, -0.2) is 41.3 Å². The van der Waals surface area contributed by atoms with E-state index in [0.717, 1.165) is 45.3 Å². The van der Waals surface area contributed by atoms with E-state index in [1.54, 1.807) is 0 Å². The van der Waals surface area contributed by atoms with Crippen molar-refractivity contribution < 1.29 is 5.11 Å². The normalized spacial score (nSPS) is 31.0. The summed E-state index contributed by atoms with van der Waals surface area (Å²) in [6.07, 6.45) is 3.90. The van der Waals surface area contributed by atoms with Gasteiger partial charge in [0.25, 0.3) is 0 Å². The Bertz CT molecular complexity index is 488. The average molecular weight is 288 g/mol. The van der Waals surface area contributed by atoms with Crippen molar-refractivity contribution in [2.45, 2.75) is 57.2 Å². The second-order valence-electron chi connectivity index (χ2n) is 6.92. The summed E-state index contributed by atoms with van der Waals surface area (Å²) in [6.45, 7) is 7.57. The molecule has 1 fully saturated rings. The Morgan fingerprint density at radius 2 is 2.05 bits per heavy atom. The molecule has 2 heterocycles. The van der Waals surface area contributed by atoms with Crippen LogP contribution in [0.25, 0.3) is 0 Å². The highest BCUT2D eigenvalue weighted by Gasteiger charge is 2.40. The number of hydrogen-bond donors (Lipinski definition) is 2. The molecule has 3 rings (SSSR count). The van der Waals surface area contributed by atoms with Crippen molar-refractivity contribution in [3.8, 4) is 0 Å². The largest absolute Gasteiger partial charge is 0.388 e. The first-order valence-corrected chi connectivity index (χ1v) is 8.38. The summed E-state index contributed by atoms with van der Waals surface area (Å²) >= 11 is 0. The maximum absolute atomic E-state index is 11.3. The minimum absolute atomic E-state index is 0.0922. The SMILES string of the molecule is CC(C)N1CCCC(O)(C2NCCc3ccccc32)CC1. The fourth-order valence-electron chi connectivity index (χ4n) is 3.95. The fraction of sp³-hybridized carbons (Fsp3) is 0.667. The van der Waals surface area contributed by atoms with E-state index in [9.17, 15) is 5.11 Å². The smallest absolute Gasteiger partial charge is 0.0854 e. The first-order valence-electron chi connectivity index (χ1n) is 8.38. The van der Waals surface area contributed by atoms with Gasteiger partial charge in [-0.25, -0.2) is 0 Å². The van der Waals surface area contributed by atoms with Gasteiger partial charge in [0.05, 0.1) is 11.6 Å². The van der Waals surface area contributed by atoms with Gasteiger partial charge in [0.1, 0.15) is 0 Å². The Labute approximate surface area is 128 Å². The quantitative estimate of drug-likeness (QED) is 0.878. The van der Waals surface area contributed by atoms with Crippen LogP contribution in [0.2, 0.25) is 0 Å². The second-order valence-corrected chi connectivity index (χ2v) is 6.92. The minimum Gasteiger partial charge on any atom is -0.388 e. The lowest BCUT2D eigenvalue weighted by atomic mass is 9.79. The van der Waals surface area contributed by atoms with Gasteiger partial charge in [-0.15, -0.1) is 0 Å². The molecule has 2 atom stereocenters. The third-order valence-electron chi connectivity index (χ3n) is 5.26. The van der Waals surface area contributed by atoms with Crippen LogP contribution in [0.3, 0.4) is 0 Å². The molecular weight excluding hydrogens is 260 g/mol. The number of aliphatic hydroxyl groups is 1. The Kier molecular flexibility index (Phi) is 4.34. The molecule has 0 aliphatic carbocycles. The van der Waals surface area contributed by atoms with Gasteiger partial charge in [0.15, 0.2) is 0 Å². The highest BCUT2D eigenvalue weighted by Crippen LogP contribution is 2.38. The third-order valence-corrected chi connectivity index (χ3v) is 5.26. The summed E-state index contributed by atoms with van der Waals surface area (Å²) in [5.74, 6) is 0. The molecule has 0 bridgehead atoms. The summed E-state index contributed by atoms with van der Waals surface area (Å²) in [7, 11) is 0. The number of hydrogen-bond acceptors (Lipinski definition) is 3. The van der Waals surface area contributed by atoms with Crippen molar-refractivity contribution in [3.05, 3.63) is 35.4 Å². The molecule has 2 aliphatic rings. The van der Waals surface area contributed by atoms with Gasteiger partial charge in [-0.2, -0.15) is 0 Å². The Hall–Kier alpha value is -0.900. The summed E-state index contributed by atoms with van der Waals surface area (Å²) in [6, 6.07) is 9.27. The van der Waals surface area contributed by atoms with Crippen LogP contribution in [0.5, 0.6) is 0 Å². The molecule has 2 aliphatic heterocycles. The van der Waals surface area contributed by atoms with Crippen molar-refractivity contribution in [1.29, 1.82) is 0 Å². The number of nitrogens with one attached hydrogen (secondary N) is 1. The van der Waals surface area contributed by atoms with Crippen LogP contribution in [0.1, 0.15) is 50.3 Å². The van der Waals surface area contributed by atoms with Gasteiger partial charge in [0.2, 0.25) is 0 Å². The van der Waals surface area contributed by atoms with E-state index in [4.69, 9.17) is 0 Å². The van der Waals surface area contributed by atoms with Crippen LogP contribution in [-0.2, 0) is 6.42 Å². The van der Waals surface area contributed by atoms with Gasteiger partial charge >= 0.3 is 0 Å². The number of benzene rings is 1. The molecule has 0 aromatic heterocycles. The number of fused-ring (bicyclic) bond motifs is 1. The minimum atomic E-state index is -0.611. The highest BCUT2D eigenvalue weighted by molar-refractivity contribution is 5.34. The standard InChI is InChI=1S/C18H28N2O/c1-14(2)20-12-5-9-18(21,10-13-20)17-16-7-4-3-6-15(16)8-11-19-17/h3-4,6-7,14,17,19,21H,5,8-13H2,1-2H3. The predicted molar refractivity (Wildman–Crippen MR) is 86.4 cm³/mol. The zero-order valence-corrected chi connectivity index (χ0v) is 13.3. The first-order chi connectivity index (χ1) is 10.1. The van der Waals surface area contributed by atoms with Gasteiger partial charge in [-0.05, 0) is 63.7 Å². The Morgan fingerprint density at radius 1 is 1.24 bits per heavy atom. The lowest BCUT2D eigenvalue weighted by Gasteiger charge is -2.40. The maximum atomic E-state index is 11.3. The van der Waals surface area contributed by atoms with Crippen LogP contribution < -0.4 is 5.32 Å². The summed E-state index contributed by atoms with van der Waals surface area (Å²) in [5.41, 5.74) is 2.10. The molecule has 0 radical (unpaired) electrons. The molecule has 21 heavy (non-hydrogen) atoms. The molecule has 0 amide bonds. The van der Waals surface area contributed by atoms with E-state index < -0.39 is 5.60 Å². The maximum Gasteiger partial charge on any atom is 0.0854 e. The fourth-order valence-corrected chi connectivity index (χ4v) is 3.95. The summed E-state index contributed by atoms with van der Waals surface area (Å²) in [5, 5.41) is 14.9. The Balaban J connectivity index is 1.83. The van der Waals surface area contributed by atoms with Crippen LogP contribution in [0, 0.1) is 0 Å². The molecule has 0 spiro atoms. The highest BCUT2D eigenvalue weighted by atomic mass is 16.3. The zero-order valence-electron chi connectivity index (χ0n) is 13.3. The molecule has 1 aromatic rings. The van der Waals surface area contributed by atoms with E-state index in [-0.39, 0.29) is 6.04 Å². The van der Waals surface area contributed by atoms with E-state index >= 15 is 0 Å². The Morgan fingerprint density at radius 3 is 2.86 bits per heavy atom. The van der Waals surface area contributed by atoms with E-state index in [1.165, 1.54) is 11.1 Å². The van der Waals surface area contributed by atoms with Crippen molar-refractivity contribution >= 4 is 0 Å². The van der Waals surface area contributed by atoms with Crippen molar-refractivity contribution in [2.75, 3.05) is 19.6 Å². The van der Waals surface area contributed by atoms with E-state index in [1.807, 2.05) is 0 Å². The van der Waals surface area contributed by atoms with Gasteiger partial charge in [-0.3, -0.25) is 0 Å². The van der Waals surface area contributed by atoms with Gasteiger partial charge < -0.3 is 15.3 Å². The molecule has 1 aromatic carbocycles. The molecule has 2 N–H and O–H groups in total. The molecule has 2 unspecified atom stereocenters. The lowest BCUT2D eigenvalue weighted by molar-refractivity contribution is -0.0153. The summed E-state index contributed by atoms with van der Waals surface area (Å²) < 4.78 is 0. The first kappa shape index (κ1) is 15.0. The number of likely N-dealkylation sites (tertiary alicyclic amines) is 1. The predicted octanol–water partition coefficient (Wildman–Crippen LogP) is 2.50. The van der Waals surface area contributed by atoms with Crippen molar-refractivity contribution in [3.63, 3.8) is 0 Å². The molecule has 0 saturated carbocycles. The van der Waals surface area contributed by atoms with Crippen molar-refractivity contribution in [2.24, 2.45) is 0 Å². The number of rotatable bonds is 2. The monoisotopic (exact) mass is 288 g/mol.